The van der Waals surface area contributed by atoms with E-state index in [4.69, 9.17) is 18.9 Å². The van der Waals surface area contributed by atoms with Crippen LogP contribution in [0.15, 0.2) is 47.1 Å². The molecule has 3 fully saturated rings. The van der Waals surface area contributed by atoms with Gasteiger partial charge in [-0.1, -0.05) is 56.7 Å². The van der Waals surface area contributed by atoms with Crippen molar-refractivity contribution in [1.82, 2.24) is 0 Å². The highest BCUT2D eigenvalue weighted by molar-refractivity contribution is 6.03. The largest absolute Gasteiger partial charge is 0.462 e. The summed E-state index contributed by atoms with van der Waals surface area (Å²) in [5.41, 5.74) is 0.421. The summed E-state index contributed by atoms with van der Waals surface area (Å²) >= 11 is 0. The zero-order valence-electron chi connectivity index (χ0n) is 24.0. The third kappa shape index (κ3) is 5.48. The molecular weight excluding hydrogens is 496 g/mol. The average Bonchev–Trinajstić information content (AvgIpc) is 3.23. The van der Waals surface area contributed by atoms with Crippen molar-refractivity contribution in [3.8, 4) is 0 Å². The third-order valence-electron chi connectivity index (χ3n) is 9.31. The number of hydrogen-bond donors (Lipinski definition) is 1. The second-order valence-corrected chi connectivity index (χ2v) is 12.5. The van der Waals surface area contributed by atoms with E-state index in [9.17, 15) is 14.7 Å². The Morgan fingerprint density at radius 3 is 2.69 bits per heavy atom. The monoisotopic (exact) mass is 540 g/mol. The van der Waals surface area contributed by atoms with Gasteiger partial charge >= 0.3 is 5.97 Å². The molecule has 7 heteroatoms. The number of ketones is 1. The maximum absolute atomic E-state index is 13.8. The molecule has 4 aliphatic heterocycles. The minimum Gasteiger partial charge on any atom is -0.462 e. The van der Waals surface area contributed by atoms with Crippen LogP contribution in [0.25, 0.3) is 0 Å². The number of allylic oxidation sites excluding steroid dienone is 4. The van der Waals surface area contributed by atoms with E-state index in [2.05, 4.69) is 39.8 Å². The van der Waals surface area contributed by atoms with Crippen LogP contribution in [0.1, 0.15) is 79.6 Å². The molecule has 0 amide bonds. The summed E-state index contributed by atoms with van der Waals surface area (Å²) in [6, 6.07) is 0. The van der Waals surface area contributed by atoms with Gasteiger partial charge in [-0.2, -0.15) is 0 Å². The third-order valence-corrected chi connectivity index (χ3v) is 9.31. The van der Waals surface area contributed by atoms with Crippen molar-refractivity contribution in [2.45, 2.75) is 115 Å². The Morgan fingerprint density at radius 2 is 1.92 bits per heavy atom. The van der Waals surface area contributed by atoms with E-state index in [-0.39, 0.29) is 30.5 Å². The lowest BCUT2D eigenvalue weighted by molar-refractivity contribution is -0.335. The molecule has 1 spiro atoms. The molecule has 0 aromatic heterocycles. The molecule has 0 radical (unpaired) electrons. The van der Waals surface area contributed by atoms with Gasteiger partial charge in [0.1, 0.15) is 17.6 Å². The van der Waals surface area contributed by atoms with Gasteiger partial charge < -0.3 is 24.1 Å². The van der Waals surface area contributed by atoms with Crippen LogP contribution in [0.4, 0.5) is 0 Å². The molecular formula is C32H44O7. The van der Waals surface area contributed by atoms with Crippen LogP contribution in [0.3, 0.4) is 0 Å². The maximum atomic E-state index is 13.8. The summed E-state index contributed by atoms with van der Waals surface area (Å²) in [4.78, 5) is 26.8. The fourth-order valence-electron chi connectivity index (χ4n) is 7.07. The number of carbonyl (C=O) groups excluding carboxylic acids is 2. The zero-order chi connectivity index (χ0) is 27.9. The smallest absolute Gasteiger partial charge is 0.316 e. The first-order valence-corrected chi connectivity index (χ1v) is 14.7. The van der Waals surface area contributed by atoms with Crippen molar-refractivity contribution in [3.05, 3.63) is 47.1 Å². The first-order valence-electron chi connectivity index (χ1n) is 14.7. The number of Topliss-reactive ketones (excluding diaryl/α,β-unsaturated/α-hetero) is 1. The van der Waals surface area contributed by atoms with E-state index in [0.717, 1.165) is 25.7 Å². The Hall–Kier alpha value is -2.06. The Balaban J connectivity index is 1.51. The summed E-state index contributed by atoms with van der Waals surface area (Å²) in [7, 11) is 0. The standard InChI is InChI=1S/C32H44O7/c1-6-27-21(4)12-13-31(39-27)17-25-16-24(38-31)11-10-20(3)14-19(2)8-7-9-23-18-36-29-28(33)22(5)15-26(30(34)37-25)32(23,29)35/h7-10,15,19,21,24-27,29,35H,6,11-14,16-18H2,1-5H3/b8-7+,20-10+,23-9-/t19-,21-,24-,25-,26-,27+,29-,31+,32-/m0/s1. The van der Waals surface area contributed by atoms with Gasteiger partial charge in [0.15, 0.2) is 17.7 Å². The Morgan fingerprint density at radius 1 is 1.13 bits per heavy atom. The molecule has 214 valence electrons. The minimum absolute atomic E-state index is 0.0857. The maximum Gasteiger partial charge on any atom is 0.316 e. The van der Waals surface area contributed by atoms with Gasteiger partial charge in [0, 0.05) is 19.3 Å². The molecule has 4 heterocycles. The second kappa shape index (κ2) is 11.1. The fourth-order valence-corrected chi connectivity index (χ4v) is 7.07. The number of hydrogen-bond acceptors (Lipinski definition) is 7. The van der Waals surface area contributed by atoms with Crippen LogP contribution < -0.4 is 0 Å². The van der Waals surface area contributed by atoms with Crippen molar-refractivity contribution in [2.24, 2.45) is 17.8 Å². The van der Waals surface area contributed by atoms with Crippen LogP contribution in [0.2, 0.25) is 0 Å². The highest BCUT2D eigenvalue weighted by Crippen LogP contribution is 2.46. The zero-order valence-corrected chi connectivity index (χ0v) is 24.0. The van der Waals surface area contributed by atoms with Gasteiger partial charge in [0.25, 0.3) is 0 Å². The normalized spacial score (nSPS) is 46.8. The minimum atomic E-state index is -1.78. The molecule has 5 rings (SSSR count). The number of aliphatic hydroxyl groups is 1. The number of ether oxygens (including phenoxy) is 4. The summed E-state index contributed by atoms with van der Waals surface area (Å²) in [6.45, 7) is 10.4. The lowest BCUT2D eigenvalue weighted by Crippen LogP contribution is -2.57. The Bertz CT molecular complexity index is 1100. The molecule has 3 saturated heterocycles. The molecule has 0 unspecified atom stereocenters. The van der Waals surface area contributed by atoms with Gasteiger partial charge in [-0.15, -0.1) is 0 Å². The molecule has 0 aromatic carbocycles. The molecule has 1 N–H and O–H groups in total. The number of fused-ring (bicyclic) bond motifs is 2. The molecule has 39 heavy (non-hydrogen) atoms. The predicted octanol–water partition coefficient (Wildman–Crippen LogP) is 5.13. The van der Waals surface area contributed by atoms with E-state index < -0.39 is 35.5 Å². The van der Waals surface area contributed by atoms with Crippen LogP contribution >= 0.6 is 0 Å². The Labute approximate surface area is 232 Å². The van der Waals surface area contributed by atoms with Crippen LogP contribution in [-0.2, 0) is 28.5 Å². The molecule has 2 bridgehead atoms. The predicted molar refractivity (Wildman–Crippen MR) is 147 cm³/mol. The van der Waals surface area contributed by atoms with Crippen LogP contribution in [0, 0.1) is 17.8 Å². The van der Waals surface area contributed by atoms with Crippen molar-refractivity contribution in [2.75, 3.05) is 6.61 Å². The summed E-state index contributed by atoms with van der Waals surface area (Å²) in [5.74, 6) is -1.95. The van der Waals surface area contributed by atoms with Gasteiger partial charge in [-0.05, 0) is 62.5 Å². The molecule has 0 aromatic rings. The topological polar surface area (TPSA) is 91.3 Å². The lowest BCUT2D eigenvalue weighted by atomic mass is 9.71. The summed E-state index contributed by atoms with van der Waals surface area (Å²) in [5, 5.41) is 12.0. The molecule has 1 aliphatic carbocycles. The van der Waals surface area contributed by atoms with Gasteiger partial charge in [-0.25, -0.2) is 0 Å². The quantitative estimate of drug-likeness (QED) is 0.364. The first kappa shape index (κ1) is 28.5. The molecule has 0 saturated carbocycles. The molecule has 7 nitrogen and oxygen atoms in total. The number of rotatable bonds is 1. The molecule has 5 aliphatic rings. The number of carbonyl (C=O) groups is 2. The fraction of sp³-hybridized carbons (Fsp3) is 0.688. The van der Waals surface area contributed by atoms with Gasteiger partial charge in [-0.3, -0.25) is 9.59 Å². The molecule has 9 atom stereocenters. The van der Waals surface area contributed by atoms with E-state index in [1.165, 1.54) is 5.57 Å². The van der Waals surface area contributed by atoms with Crippen molar-refractivity contribution in [3.63, 3.8) is 0 Å². The highest BCUT2D eigenvalue weighted by atomic mass is 16.7. The average molecular weight is 541 g/mol. The van der Waals surface area contributed by atoms with Crippen LogP contribution in [0.5, 0.6) is 0 Å². The Kier molecular flexibility index (Phi) is 8.08. The SMILES string of the molecule is CC[C@H]1O[C@]2(CC[C@@H]1C)C[C@@H]1C[C@H](C/C=C(\C)C[C@@H](C)/C=C/C=C3/CO[C@H]4C(=O)C(C)=C[C@@H](C(=O)O1)[C@@]34O)O2. The lowest BCUT2D eigenvalue weighted by Gasteiger charge is -2.49. The van der Waals surface area contributed by atoms with Crippen molar-refractivity contribution >= 4 is 11.8 Å². The number of esters is 1. The van der Waals surface area contributed by atoms with E-state index in [0.29, 0.717) is 36.3 Å². The van der Waals surface area contributed by atoms with Crippen molar-refractivity contribution in [1.29, 1.82) is 0 Å². The summed E-state index contributed by atoms with van der Waals surface area (Å²) < 4.78 is 25.3. The van der Waals surface area contributed by atoms with E-state index in [1.807, 2.05) is 6.08 Å². The summed E-state index contributed by atoms with van der Waals surface area (Å²) in [6.07, 6.45) is 13.2. The van der Waals surface area contributed by atoms with E-state index in [1.54, 1.807) is 19.1 Å². The second-order valence-electron chi connectivity index (χ2n) is 12.5. The van der Waals surface area contributed by atoms with Crippen molar-refractivity contribution < 1.29 is 33.6 Å². The highest BCUT2D eigenvalue weighted by Gasteiger charge is 2.60. The first-order chi connectivity index (χ1) is 18.5. The van der Waals surface area contributed by atoms with Gasteiger partial charge in [0.05, 0.1) is 18.8 Å². The van der Waals surface area contributed by atoms with Crippen LogP contribution in [-0.4, -0.2) is 59.3 Å². The van der Waals surface area contributed by atoms with Gasteiger partial charge in [0.2, 0.25) is 0 Å². The van der Waals surface area contributed by atoms with E-state index >= 15 is 0 Å².